The van der Waals surface area contributed by atoms with Crippen LogP contribution in [0.5, 0.6) is 0 Å². The third-order valence-corrected chi connectivity index (χ3v) is 4.22. The molecule has 0 spiro atoms. The number of hydrogen-bond acceptors (Lipinski definition) is 3. The summed E-state index contributed by atoms with van der Waals surface area (Å²) in [5, 5.41) is 5.19. The Bertz CT molecular complexity index is 565. The van der Waals surface area contributed by atoms with Gasteiger partial charge in [-0.3, -0.25) is 14.6 Å². The van der Waals surface area contributed by atoms with Gasteiger partial charge in [0.05, 0.1) is 5.69 Å². The van der Waals surface area contributed by atoms with Crippen molar-refractivity contribution in [2.24, 2.45) is 7.05 Å². The zero-order chi connectivity index (χ0) is 14.7. The molecule has 20 heavy (non-hydrogen) atoms. The lowest BCUT2D eigenvalue weighted by molar-refractivity contribution is 0.252. The van der Waals surface area contributed by atoms with Gasteiger partial charge >= 0.3 is 0 Å². The van der Waals surface area contributed by atoms with E-state index in [9.17, 15) is 0 Å². The van der Waals surface area contributed by atoms with E-state index in [1.54, 1.807) is 4.68 Å². The van der Waals surface area contributed by atoms with Crippen LogP contribution in [0.3, 0.4) is 0 Å². The molecule has 4 nitrogen and oxygen atoms in total. The molecule has 0 saturated heterocycles. The Morgan fingerprint density at radius 3 is 2.60 bits per heavy atom. The Hall–Kier alpha value is -1.39. The van der Waals surface area contributed by atoms with Gasteiger partial charge in [-0.1, -0.05) is 18.5 Å². The monoisotopic (exact) mass is 292 g/mol. The maximum absolute atomic E-state index is 6.35. The highest BCUT2D eigenvalue weighted by molar-refractivity contribution is 6.30. The molecule has 2 aromatic heterocycles. The molecule has 0 fully saturated rings. The summed E-state index contributed by atoms with van der Waals surface area (Å²) < 4.78 is 1.75. The fourth-order valence-corrected chi connectivity index (χ4v) is 2.53. The molecule has 0 aliphatic heterocycles. The summed E-state index contributed by atoms with van der Waals surface area (Å²) in [7, 11) is 3.99. The van der Waals surface area contributed by atoms with E-state index >= 15 is 0 Å². The zero-order valence-corrected chi connectivity index (χ0v) is 13.2. The van der Waals surface area contributed by atoms with Gasteiger partial charge in [0.2, 0.25) is 0 Å². The molecule has 0 saturated carbocycles. The first-order valence-corrected chi connectivity index (χ1v) is 7.22. The average molecular weight is 293 g/mol. The predicted molar refractivity (Wildman–Crippen MR) is 81.7 cm³/mol. The van der Waals surface area contributed by atoms with Crippen molar-refractivity contribution in [2.75, 3.05) is 7.05 Å². The third-order valence-electron chi connectivity index (χ3n) is 3.74. The molecule has 0 unspecified atom stereocenters. The highest BCUT2D eigenvalue weighted by Crippen LogP contribution is 2.25. The Morgan fingerprint density at radius 1 is 1.35 bits per heavy atom. The maximum Gasteiger partial charge on any atom is 0.131 e. The van der Waals surface area contributed by atoms with Crippen molar-refractivity contribution in [1.29, 1.82) is 0 Å². The van der Waals surface area contributed by atoms with Gasteiger partial charge in [0.1, 0.15) is 5.15 Å². The van der Waals surface area contributed by atoms with Gasteiger partial charge in [-0.25, -0.2) is 0 Å². The molecule has 2 heterocycles. The van der Waals surface area contributed by atoms with Crippen LogP contribution in [-0.4, -0.2) is 26.7 Å². The van der Waals surface area contributed by atoms with E-state index in [-0.39, 0.29) is 0 Å². The molecule has 0 aliphatic carbocycles. The van der Waals surface area contributed by atoms with Gasteiger partial charge in [-0.2, -0.15) is 5.10 Å². The highest BCUT2D eigenvalue weighted by atomic mass is 35.5. The lowest BCUT2D eigenvalue weighted by Crippen LogP contribution is -2.22. The van der Waals surface area contributed by atoms with Crippen LogP contribution in [0.2, 0.25) is 5.15 Å². The van der Waals surface area contributed by atoms with E-state index < -0.39 is 0 Å². The third kappa shape index (κ3) is 3.02. The lowest BCUT2D eigenvalue weighted by atomic mass is 10.1. The Balaban J connectivity index is 2.18. The molecule has 0 N–H and O–H groups in total. The largest absolute Gasteiger partial charge is 0.295 e. The molecule has 2 aromatic rings. The second kappa shape index (κ2) is 6.37. The van der Waals surface area contributed by atoms with Crippen LogP contribution in [0.15, 0.2) is 24.5 Å². The number of halogens is 1. The van der Waals surface area contributed by atoms with Crippen LogP contribution in [0.4, 0.5) is 0 Å². The second-order valence-electron chi connectivity index (χ2n) is 5.06. The number of pyridine rings is 1. The van der Waals surface area contributed by atoms with E-state index in [0.717, 1.165) is 29.4 Å². The van der Waals surface area contributed by atoms with Crippen LogP contribution in [-0.2, 0) is 20.0 Å². The number of aromatic nitrogens is 3. The van der Waals surface area contributed by atoms with Gasteiger partial charge < -0.3 is 0 Å². The SMILES string of the molecule is CCc1nn(C)c(Cl)c1CN(C)[C@@H](C)c1ccncc1. The number of rotatable bonds is 5. The van der Waals surface area contributed by atoms with Gasteiger partial charge in [0.15, 0.2) is 0 Å². The van der Waals surface area contributed by atoms with Crippen molar-refractivity contribution in [2.45, 2.75) is 32.9 Å². The minimum atomic E-state index is 0.305. The summed E-state index contributed by atoms with van der Waals surface area (Å²) in [6, 6.07) is 4.40. The van der Waals surface area contributed by atoms with Crippen LogP contribution in [0.25, 0.3) is 0 Å². The topological polar surface area (TPSA) is 34.0 Å². The zero-order valence-electron chi connectivity index (χ0n) is 12.5. The summed E-state index contributed by atoms with van der Waals surface area (Å²) in [5.74, 6) is 0. The summed E-state index contributed by atoms with van der Waals surface area (Å²) in [4.78, 5) is 6.34. The Labute approximate surface area is 125 Å². The summed E-state index contributed by atoms with van der Waals surface area (Å²) >= 11 is 6.35. The molecule has 1 atom stereocenters. The Morgan fingerprint density at radius 2 is 2.00 bits per heavy atom. The van der Waals surface area contributed by atoms with Crippen molar-refractivity contribution in [3.8, 4) is 0 Å². The lowest BCUT2D eigenvalue weighted by Gasteiger charge is -2.25. The van der Waals surface area contributed by atoms with Crippen LogP contribution in [0.1, 0.15) is 36.7 Å². The van der Waals surface area contributed by atoms with Crippen LogP contribution in [0, 0.1) is 0 Å². The van der Waals surface area contributed by atoms with Crippen LogP contribution >= 0.6 is 11.6 Å². The fraction of sp³-hybridized carbons (Fsp3) is 0.467. The van der Waals surface area contributed by atoms with Gasteiger partial charge in [-0.15, -0.1) is 0 Å². The number of nitrogens with zero attached hydrogens (tertiary/aromatic N) is 4. The quantitative estimate of drug-likeness (QED) is 0.848. The van der Waals surface area contributed by atoms with Gasteiger partial charge in [-0.05, 0) is 38.1 Å². The predicted octanol–water partition coefficient (Wildman–Crippen LogP) is 3.22. The molecule has 5 heteroatoms. The normalized spacial score (nSPS) is 12.9. The molecule has 0 radical (unpaired) electrons. The van der Waals surface area contributed by atoms with Crippen molar-refractivity contribution in [1.82, 2.24) is 19.7 Å². The van der Waals surface area contributed by atoms with E-state index in [0.29, 0.717) is 6.04 Å². The van der Waals surface area contributed by atoms with E-state index in [4.69, 9.17) is 11.6 Å². The van der Waals surface area contributed by atoms with Gasteiger partial charge in [0, 0.05) is 37.6 Å². The first kappa shape index (κ1) is 15.0. The summed E-state index contributed by atoms with van der Waals surface area (Å²) in [6.07, 6.45) is 4.55. The van der Waals surface area contributed by atoms with Crippen LogP contribution < -0.4 is 0 Å². The van der Waals surface area contributed by atoms with Gasteiger partial charge in [0.25, 0.3) is 0 Å². The molecule has 0 aromatic carbocycles. The summed E-state index contributed by atoms with van der Waals surface area (Å²) in [6.45, 7) is 5.08. The first-order chi connectivity index (χ1) is 9.54. The molecular weight excluding hydrogens is 272 g/mol. The molecular formula is C15H21ClN4. The summed E-state index contributed by atoms with van der Waals surface area (Å²) in [5.41, 5.74) is 3.45. The smallest absolute Gasteiger partial charge is 0.131 e. The molecule has 0 amide bonds. The highest BCUT2D eigenvalue weighted by Gasteiger charge is 2.18. The van der Waals surface area contributed by atoms with Crippen molar-refractivity contribution in [3.63, 3.8) is 0 Å². The van der Waals surface area contributed by atoms with Crippen molar-refractivity contribution >= 4 is 11.6 Å². The number of hydrogen-bond donors (Lipinski definition) is 0. The van der Waals surface area contributed by atoms with Crippen molar-refractivity contribution < 1.29 is 0 Å². The average Bonchev–Trinajstić information content (AvgIpc) is 2.75. The van der Waals surface area contributed by atoms with Crippen molar-refractivity contribution in [3.05, 3.63) is 46.5 Å². The standard InChI is InChI=1S/C15H21ClN4/c1-5-14-13(15(16)20(4)18-14)10-19(3)11(2)12-6-8-17-9-7-12/h6-9,11H,5,10H2,1-4H3/t11-/m0/s1. The molecule has 108 valence electrons. The minimum absolute atomic E-state index is 0.305. The fourth-order valence-electron chi connectivity index (χ4n) is 2.32. The minimum Gasteiger partial charge on any atom is -0.295 e. The maximum atomic E-state index is 6.35. The van der Waals surface area contributed by atoms with E-state index in [1.165, 1.54) is 5.56 Å². The van der Waals surface area contributed by atoms with E-state index in [2.05, 4.69) is 35.9 Å². The van der Waals surface area contributed by atoms with E-state index in [1.807, 2.05) is 31.6 Å². The first-order valence-electron chi connectivity index (χ1n) is 6.85. The molecule has 2 rings (SSSR count). The second-order valence-corrected chi connectivity index (χ2v) is 5.42. The molecule has 0 bridgehead atoms. The Kier molecular flexibility index (Phi) is 4.78. The molecule has 0 aliphatic rings. The number of aryl methyl sites for hydroxylation is 2.